The minimum absolute atomic E-state index is 0.827. The Hall–Kier alpha value is -0.270. The summed E-state index contributed by atoms with van der Waals surface area (Å²) in [4.78, 5) is 0. The Morgan fingerprint density at radius 2 is 2.46 bits per heavy atom. The van der Waals surface area contributed by atoms with Gasteiger partial charge in [0, 0.05) is 12.1 Å². The number of rotatable bonds is 4. The lowest BCUT2D eigenvalue weighted by Gasteiger charge is -2.18. The van der Waals surface area contributed by atoms with E-state index in [1.54, 1.807) is 5.54 Å². The quantitative estimate of drug-likeness (QED) is 0.687. The Bertz CT molecular complexity index is 196. The van der Waals surface area contributed by atoms with E-state index >= 15 is 0 Å². The van der Waals surface area contributed by atoms with Crippen LogP contribution in [-0.2, 0) is 0 Å². The van der Waals surface area contributed by atoms with Crippen molar-refractivity contribution in [2.75, 3.05) is 13.1 Å². The van der Waals surface area contributed by atoms with E-state index in [0.717, 1.165) is 19.0 Å². The van der Waals surface area contributed by atoms with Gasteiger partial charge in [0.05, 0.1) is 0 Å². The molecule has 0 fully saturated rings. The van der Waals surface area contributed by atoms with Gasteiger partial charge < -0.3 is 5.32 Å². The summed E-state index contributed by atoms with van der Waals surface area (Å²) in [7, 11) is 0. The van der Waals surface area contributed by atoms with E-state index in [-0.39, 0.29) is 0 Å². The molecule has 0 amide bonds. The normalized spacial score (nSPS) is 23.5. The molecule has 1 N–H and O–H groups in total. The van der Waals surface area contributed by atoms with Crippen molar-refractivity contribution < 1.29 is 0 Å². The predicted molar refractivity (Wildman–Crippen MR) is 59.0 cm³/mol. The molecule has 1 unspecified atom stereocenters. The molecule has 13 heavy (non-hydrogen) atoms. The van der Waals surface area contributed by atoms with Gasteiger partial charge in [-0.2, -0.15) is 0 Å². The van der Waals surface area contributed by atoms with Crippen LogP contribution in [0.4, 0.5) is 0 Å². The molecule has 1 aliphatic carbocycles. The lowest BCUT2D eigenvalue weighted by molar-refractivity contribution is 0.449. The average molecular weight is 200 g/mol. The number of nitrogens with one attached hydrogen (secondary N) is 1. The molecule has 0 heterocycles. The lowest BCUT2D eigenvalue weighted by atomic mass is 9.94. The lowest BCUT2D eigenvalue weighted by Crippen LogP contribution is -2.24. The minimum Gasteiger partial charge on any atom is -0.313 e. The van der Waals surface area contributed by atoms with E-state index in [1.807, 2.05) is 6.92 Å². The van der Waals surface area contributed by atoms with Crippen LogP contribution in [-0.4, -0.2) is 13.1 Å². The molecule has 0 saturated carbocycles. The van der Waals surface area contributed by atoms with Crippen molar-refractivity contribution in [2.24, 2.45) is 5.92 Å². The monoisotopic (exact) mass is 199 g/mol. The molecule has 0 bridgehead atoms. The maximum absolute atomic E-state index is 5.56. The van der Waals surface area contributed by atoms with E-state index in [2.05, 4.69) is 17.5 Å². The van der Waals surface area contributed by atoms with Crippen LogP contribution < -0.4 is 5.32 Å². The Morgan fingerprint density at radius 1 is 1.62 bits per heavy atom. The van der Waals surface area contributed by atoms with Crippen molar-refractivity contribution in [3.05, 3.63) is 23.3 Å². The first-order valence-electron chi connectivity index (χ1n) is 4.94. The van der Waals surface area contributed by atoms with Crippen LogP contribution in [0.2, 0.25) is 0 Å². The zero-order valence-electron chi connectivity index (χ0n) is 8.22. The number of hydrogen-bond acceptors (Lipinski definition) is 1. The molecule has 2 heteroatoms. The molecule has 0 aromatic carbocycles. The van der Waals surface area contributed by atoms with Gasteiger partial charge in [-0.1, -0.05) is 23.8 Å². The smallest absolute Gasteiger partial charge is 0.0173 e. The highest BCUT2D eigenvalue weighted by atomic mass is 35.5. The van der Waals surface area contributed by atoms with Crippen LogP contribution in [0.3, 0.4) is 0 Å². The van der Waals surface area contributed by atoms with Crippen molar-refractivity contribution >= 4 is 11.6 Å². The predicted octanol–water partition coefficient (Wildman–Crippen LogP) is 3.07. The van der Waals surface area contributed by atoms with Gasteiger partial charge in [-0.05, 0) is 44.2 Å². The summed E-state index contributed by atoms with van der Waals surface area (Å²) in [5.41, 5.74) is 2.85. The number of halogens is 1. The SMILES string of the molecule is C/C(=C/Cl)CNCC1CC=CCC1. The third-order valence-electron chi connectivity index (χ3n) is 2.40. The van der Waals surface area contributed by atoms with Gasteiger partial charge in [-0.25, -0.2) is 0 Å². The summed E-state index contributed by atoms with van der Waals surface area (Å²) in [5, 5.41) is 3.42. The van der Waals surface area contributed by atoms with Gasteiger partial charge in [-0.3, -0.25) is 0 Å². The van der Waals surface area contributed by atoms with Crippen molar-refractivity contribution in [2.45, 2.75) is 26.2 Å². The van der Waals surface area contributed by atoms with Gasteiger partial charge in [-0.15, -0.1) is 0 Å². The minimum atomic E-state index is 0.827. The Balaban J connectivity index is 2.08. The Labute approximate surface area is 85.9 Å². The molecular formula is C11H18ClN. The van der Waals surface area contributed by atoms with Gasteiger partial charge in [0.2, 0.25) is 0 Å². The highest BCUT2D eigenvalue weighted by Gasteiger charge is 2.08. The fourth-order valence-corrected chi connectivity index (χ4v) is 1.63. The standard InChI is InChI=1S/C11H18ClN/c1-10(7-12)8-13-9-11-5-3-2-4-6-11/h2-3,7,11,13H,4-6,8-9H2,1H3/b10-7-. The van der Waals surface area contributed by atoms with Gasteiger partial charge in [0.25, 0.3) is 0 Å². The molecule has 0 aromatic heterocycles. The Kier molecular flexibility index (Phi) is 5.18. The first kappa shape index (κ1) is 10.8. The topological polar surface area (TPSA) is 12.0 Å². The van der Waals surface area contributed by atoms with Crippen LogP contribution in [0, 0.1) is 5.92 Å². The van der Waals surface area contributed by atoms with E-state index in [1.165, 1.54) is 24.8 Å². The largest absolute Gasteiger partial charge is 0.313 e. The maximum atomic E-state index is 5.56. The number of allylic oxidation sites excluding steroid dienone is 2. The van der Waals surface area contributed by atoms with Crippen LogP contribution in [0.15, 0.2) is 23.3 Å². The Morgan fingerprint density at radius 3 is 3.08 bits per heavy atom. The van der Waals surface area contributed by atoms with Gasteiger partial charge >= 0.3 is 0 Å². The maximum Gasteiger partial charge on any atom is 0.0173 e. The van der Waals surface area contributed by atoms with Crippen molar-refractivity contribution in [3.8, 4) is 0 Å². The first-order valence-corrected chi connectivity index (χ1v) is 5.38. The average Bonchev–Trinajstić information content (AvgIpc) is 2.19. The molecule has 0 spiro atoms. The summed E-state index contributed by atoms with van der Waals surface area (Å²) in [5.74, 6) is 0.827. The van der Waals surface area contributed by atoms with Crippen LogP contribution in [0.25, 0.3) is 0 Å². The van der Waals surface area contributed by atoms with Crippen molar-refractivity contribution in [3.63, 3.8) is 0 Å². The summed E-state index contributed by atoms with van der Waals surface area (Å²) in [6, 6.07) is 0. The van der Waals surface area contributed by atoms with Crippen LogP contribution in [0.5, 0.6) is 0 Å². The molecule has 0 aliphatic heterocycles. The molecule has 1 atom stereocenters. The van der Waals surface area contributed by atoms with E-state index in [4.69, 9.17) is 11.6 Å². The molecule has 1 rings (SSSR count). The van der Waals surface area contributed by atoms with E-state index in [9.17, 15) is 0 Å². The molecule has 0 aromatic rings. The van der Waals surface area contributed by atoms with Gasteiger partial charge in [0.15, 0.2) is 0 Å². The molecule has 0 saturated heterocycles. The second-order valence-corrected chi connectivity index (χ2v) is 3.96. The molecule has 1 aliphatic rings. The highest BCUT2D eigenvalue weighted by Crippen LogP contribution is 2.16. The second-order valence-electron chi connectivity index (χ2n) is 3.74. The van der Waals surface area contributed by atoms with Gasteiger partial charge in [0.1, 0.15) is 0 Å². The molecule has 1 nitrogen and oxygen atoms in total. The second kappa shape index (κ2) is 6.22. The van der Waals surface area contributed by atoms with Crippen LogP contribution >= 0.6 is 11.6 Å². The van der Waals surface area contributed by atoms with Crippen molar-refractivity contribution in [1.82, 2.24) is 5.32 Å². The molecule has 74 valence electrons. The fourth-order valence-electron chi connectivity index (χ4n) is 1.55. The first-order chi connectivity index (χ1) is 6.33. The zero-order chi connectivity index (χ0) is 9.52. The summed E-state index contributed by atoms with van der Waals surface area (Å²) in [6.45, 7) is 4.08. The summed E-state index contributed by atoms with van der Waals surface area (Å²) < 4.78 is 0. The third-order valence-corrected chi connectivity index (χ3v) is 2.77. The van der Waals surface area contributed by atoms with E-state index in [0.29, 0.717) is 0 Å². The molecular weight excluding hydrogens is 182 g/mol. The van der Waals surface area contributed by atoms with Crippen molar-refractivity contribution in [1.29, 1.82) is 0 Å². The van der Waals surface area contributed by atoms with E-state index < -0.39 is 0 Å². The molecule has 0 radical (unpaired) electrons. The number of hydrogen-bond donors (Lipinski definition) is 1. The summed E-state index contributed by atoms with van der Waals surface area (Å²) in [6.07, 6.45) is 8.38. The third kappa shape index (κ3) is 4.49. The highest BCUT2D eigenvalue weighted by molar-refractivity contribution is 6.25. The fraction of sp³-hybridized carbons (Fsp3) is 0.636. The summed E-state index contributed by atoms with van der Waals surface area (Å²) >= 11 is 5.56. The zero-order valence-corrected chi connectivity index (χ0v) is 8.98. The van der Waals surface area contributed by atoms with Crippen LogP contribution in [0.1, 0.15) is 26.2 Å².